The Hall–Kier alpha value is -0.160. The first-order valence-corrected chi connectivity index (χ1v) is 5.47. The first kappa shape index (κ1) is 9.40. The van der Waals surface area contributed by atoms with E-state index in [0.717, 1.165) is 16.4 Å². The Morgan fingerprint density at radius 1 is 1.46 bits per heavy atom. The zero-order chi connectivity index (χ0) is 9.42. The number of hydrogen-bond donors (Lipinski definition) is 1. The maximum Gasteiger partial charge on any atom is 0.128 e. The lowest BCUT2D eigenvalue weighted by molar-refractivity contribution is 0.553. The highest BCUT2D eigenvalue weighted by Crippen LogP contribution is 2.40. The number of rotatable bonds is 2. The second-order valence-electron chi connectivity index (χ2n) is 3.53. The molecule has 1 nitrogen and oxygen atoms in total. The van der Waals surface area contributed by atoms with Crippen molar-refractivity contribution in [2.75, 3.05) is 0 Å². The Balaban J connectivity index is 2.31. The van der Waals surface area contributed by atoms with Crippen molar-refractivity contribution >= 4 is 22.6 Å². The molecule has 13 heavy (non-hydrogen) atoms. The summed E-state index contributed by atoms with van der Waals surface area (Å²) in [5.74, 6) is 0.340. The van der Waals surface area contributed by atoms with E-state index in [4.69, 9.17) is 5.73 Å². The molecule has 1 aromatic carbocycles. The maximum atomic E-state index is 13.3. The lowest BCUT2D eigenvalue weighted by atomic mass is 10.0. The van der Waals surface area contributed by atoms with Gasteiger partial charge in [0, 0.05) is 15.2 Å². The monoisotopic (exact) mass is 291 g/mol. The number of benzene rings is 1. The van der Waals surface area contributed by atoms with Crippen LogP contribution in [-0.2, 0) is 0 Å². The lowest BCUT2D eigenvalue weighted by Crippen LogP contribution is -2.14. The minimum atomic E-state index is -0.167. The van der Waals surface area contributed by atoms with Gasteiger partial charge in [0.05, 0.1) is 0 Å². The number of hydrogen-bond acceptors (Lipinski definition) is 1. The molecule has 0 radical (unpaired) electrons. The van der Waals surface area contributed by atoms with E-state index in [1.165, 1.54) is 6.07 Å². The highest BCUT2D eigenvalue weighted by atomic mass is 127. The molecule has 1 atom stereocenters. The summed E-state index contributed by atoms with van der Waals surface area (Å²) < 4.78 is 14.4. The molecule has 0 aromatic heterocycles. The summed E-state index contributed by atoms with van der Waals surface area (Å²) in [7, 11) is 0. The molecule has 2 rings (SSSR count). The Bertz CT molecular complexity index is 323. The van der Waals surface area contributed by atoms with E-state index in [1.54, 1.807) is 6.07 Å². The lowest BCUT2D eigenvalue weighted by Gasteiger charge is -2.11. The quantitative estimate of drug-likeness (QED) is 0.833. The van der Waals surface area contributed by atoms with Crippen molar-refractivity contribution in [2.45, 2.75) is 18.9 Å². The van der Waals surface area contributed by atoms with Crippen molar-refractivity contribution in [3.8, 4) is 0 Å². The minimum Gasteiger partial charge on any atom is -0.324 e. The van der Waals surface area contributed by atoms with Gasteiger partial charge in [-0.2, -0.15) is 0 Å². The van der Waals surface area contributed by atoms with Crippen LogP contribution in [0.15, 0.2) is 18.2 Å². The van der Waals surface area contributed by atoms with Crippen molar-refractivity contribution in [1.82, 2.24) is 0 Å². The topological polar surface area (TPSA) is 26.0 Å². The average Bonchev–Trinajstić information content (AvgIpc) is 2.91. The van der Waals surface area contributed by atoms with Gasteiger partial charge < -0.3 is 5.73 Å². The molecule has 0 saturated heterocycles. The van der Waals surface area contributed by atoms with Crippen LogP contribution in [0.3, 0.4) is 0 Å². The van der Waals surface area contributed by atoms with Crippen LogP contribution in [0, 0.1) is 15.3 Å². The molecule has 1 aliphatic rings. The van der Waals surface area contributed by atoms with E-state index in [9.17, 15) is 4.39 Å². The molecule has 3 heteroatoms. The van der Waals surface area contributed by atoms with Crippen LogP contribution in [0.5, 0.6) is 0 Å². The highest BCUT2D eigenvalue weighted by molar-refractivity contribution is 14.1. The van der Waals surface area contributed by atoms with Crippen LogP contribution in [-0.4, -0.2) is 0 Å². The second kappa shape index (κ2) is 3.53. The van der Waals surface area contributed by atoms with Crippen molar-refractivity contribution in [1.29, 1.82) is 0 Å². The third-order valence-electron chi connectivity index (χ3n) is 2.45. The normalized spacial score (nSPS) is 18.7. The molecule has 0 spiro atoms. The van der Waals surface area contributed by atoms with Gasteiger partial charge in [-0.1, -0.05) is 0 Å². The van der Waals surface area contributed by atoms with Crippen molar-refractivity contribution in [3.63, 3.8) is 0 Å². The maximum absolute atomic E-state index is 13.3. The van der Waals surface area contributed by atoms with E-state index in [0.29, 0.717) is 11.5 Å². The van der Waals surface area contributed by atoms with Crippen molar-refractivity contribution in [2.24, 2.45) is 11.7 Å². The van der Waals surface area contributed by atoms with Crippen LogP contribution < -0.4 is 5.73 Å². The fraction of sp³-hybridized carbons (Fsp3) is 0.400. The van der Waals surface area contributed by atoms with E-state index in [2.05, 4.69) is 22.6 Å². The van der Waals surface area contributed by atoms with Gasteiger partial charge in [-0.3, -0.25) is 0 Å². The summed E-state index contributed by atoms with van der Waals surface area (Å²) in [5.41, 5.74) is 6.60. The molecule has 1 aliphatic carbocycles. The Labute approximate surface area is 90.7 Å². The van der Waals surface area contributed by atoms with E-state index in [1.807, 2.05) is 6.07 Å². The van der Waals surface area contributed by atoms with Gasteiger partial charge in [0.15, 0.2) is 0 Å². The second-order valence-corrected chi connectivity index (χ2v) is 4.77. The van der Waals surface area contributed by atoms with Crippen molar-refractivity contribution in [3.05, 3.63) is 33.1 Å². The fourth-order valence-electron chi connectivity index (χ4n) is 1.48. The molecular weight excluding hydrogens is 280 g/mol. The third-order valence-corrected chi connectivity index (χ3v) is 3.12. The fourth-order valence-corrected chi connectivity index (χ4v) is 1.99. The van der Waals surface area contributed by atoms with Gasteiger partial charge in [0.1, 0.15) is 5.82 Å². The van der Waals surface area contributed by atoms with E-state index in [-0.39, 0.29) is 11.9 Å². The first-order chi connectivity index (χ1) is 6.18. The highest BCUT2D eigenvalue weighted by Gasteiger charge is 2.30. The van der Waals surface area contributed by atoms with E-state index >= 15 is 0 Å². The van der Waals surface area contributed by atoms with Gasteiger partial charge >= 0.3 is 0 Å². The largest absolute Gasteiger partial charge is 0.324 e. The summed E-state index contributed by atoms with van der Waals surface area (Å²) in [6.07, 6.45) is 2.29. The van der Waals surface area contributed by atoms with Gasteiger partial charge in [0.2, 0.25) is 0 Å². The van der Waals surface area contributed by atoms with Gasteiger partial charge in [-0.05, 0) is 59.5 Å². The number of nitrogens with two attached hydrogens (primary N) is 1. The molecule has 0 unspecified atom stereocenters. The van der Waals surface area contributed by atoms with Gasteiger partial charge in [-0.25, -0.2) is 4.39 Å². The summed E-state index contributed by atoms with van der Waals surface area (Å²) in [6.45, 7) is 0. The Morgan fingerprint density at radius 3 is 2.77 bits per heavy atom. The summed E-state index contributed by atoms with van der Waals surface area (Å²) in [5, 5.41) is 0. The van der Waals surface area contributed by atoms with E-state index < -0.39 is 0 Å². The molecule has 0 bridgehead atoms. The number of halogens is 2. The molecule has 1 saturated carbocycles. The molecule has 2 N–H and O–H groups in total. The minimum absolute atomic E-state index is 0.102. The molecular formula is C10H11FIN. The summed E-state index contributed by atoms with van der Waals surface area (Å²) in [6, 6.07) is 5.01. The third kappa shape index (κ3) is 2.02. The molecule has 0 heterocycles. The zero-order valence-electron chi connectivity index (χ0n) is 7.13. The SMILES string of the molecule is N[C@@H](c1cc(I)ccc1F)C1CC1. The molecule has 0 aliphatic heterocycles. The Morgan fingerprint density at radius 2 is 2.15 bits per heavy atom. The van der Waals surface area contributed by atoms with Crippen molar-refractivity contribution < 1.29 is 4.39 Å². The summed E-state index contributed by atoms with van der Waals surface area (Å²) in [4.78, 5) is 0. The summed E-state index contributed by atoms with van der Waals surface area (Å²) >= 11 is 2.18. The van der Waals surface area contributed by atoms with Crippen LogP contribution in [0.1, 0.15) is 24.4 Å². The van der Waals surface area contributed by atoms with Crippen LogP contribution in [0.2, 0.25) is 0 Å². The molecule has 0 amide bonds. The molecule has 1 fully saturated rings. The van der Waals surface area contributed by atoms with Gasteiger partial charge in [0.25, 0.3) is 0 Å². The predicted molar refractivity (Wildman–Crippen MR) is 58.8 cm³/mol. The predicted octanol–water partition coefficient (Wildman–Crippen LogP) is 2.84. The molecule has 70 valence electrons. The van der Waals surface area contributed by atoms with Gasteiger partial charge in [-0.15, -0.1) is 0 Å². The van der Waals surface area contributed by atoms with Crippen LogP contribution in [0.25, 0.3) is 0 Å². The zero-order valence-corrected chi connectivity index (χ0v) is 9.29. The standard InChI is InChI=1S/C10H11FIN/c11-9-4-3-7(12)5-8(9)10(13)6-1-2-6/h3-6,10H,1-2,13H2/t10-/m1/s1. The average molecular weight is 291 g/mol. The first-order valence-electron chi connectivity index (χ1n) is 4.39. The molecule has 1 aromatic rings. The van der Waals surface area contributed by atoms with Crippen LogP contribution in [0.4, 0.5) is 4.39 Å². The Kier molecular flexibility index (Phi) is 2.55. The smallest absolute Gasteiger partial charge is 0.128 e. The van der Waals surface area contributed by atoms with Crippen LogP contribution >= 0.6 is 22.6 Å².